The molecular formula is C9H9N5S. The molecule has 2 heterocycles. The van der Waals surface area contributed by atoms with E-state index in [0.29, 0.717) is 22.7 Å². The number of thioether (sulfide) groups is 1. The Hall–Kier alpha value is -1.74. The minimum Gasteiger partial charge on any atom is -0.382 e. The number of hydrogen-bond acceptors (Lipinski definition) is 5. The third-order valence-electron chi connectivity index (χ3n) is 1.75. The summed E-state index contributed by atoms with van der Waals surface area (Å²) >= 11 is 1.52. The van der Waals surface area contributed by atoms with E-state index >= 15 is 0 Å². The molecule has 0 aliphatic rings. The molecule has 6 heteroatoms. The molecule has 15 heavy (non-hydrogen) atoms. The van der Waals surface area contributed by atoms with E-state index in [4.69, 9.17) is 5.73 Å². The third kappa shape index (κ3) is 2.02. The molecule has 76 valence electrons. The lowest BCUT2D eigenvalue weighted by Gasteiger charge is -1.90. The first-order chi connectivity index (χ1) is 7.31. The molecule has 3 N–H and O–H groups in total. The van der Waals surface area contributed by atoms with Crippen molar-refractivity contribution in [1.82, 2.24) is 19.9 Å². The number of rotatable bonds is 2. The fourth-order valence-corrected chi connectivity index (χ4v) is 1.75. The van der Waals surface area contributed by atoms with Crippen LogP contribution in [-0.4, -0.2) is 25.7 Å². The minimum absolute atomic E-state index is 0.418. The molecule has 0 bridgehead atoms. The Morgan fingerprint density at radius 3 is 3.13 bits per heavy atom. The lowest BCUT2D eigenvalue weighted by atomic mass is 10.5. The van der Waals surface area contributed by atoms with Gasteiger partial charge in [-0.15, -0.1) is 5.92 Å². The van der Waals surface area contributed by atoms with Crippen molar-refractivity contribution in [3.05, 3.63) is 6.33 Å². The second-order valence-electron chi connectivity index (χ2n) is 2.71. The quantitative estimate of drug-likeness (QED) is 0.583. The molecule has 0 aliphatic carbocycles. The highest BCUT2D eigenvalue weighted by atomic mass is 32.2. The summed E-state index contributed by atoms with van der Waals surface area (Å²) in [4.78, 5) is 15.2. The molecule has 2 aromatic rings. The van der Waals surface area contributed by atoms with E-state index in [2.05, 4.69) is 31.8 Å². The average molecular weight is 219 g/mol. The maximum atomic E-state index is 5.66. The number of aromatic nitrogens is 4. The van der Waals surface area contributed by atoms with E-state index in [1.165, 1.54) is 18.1 Å². The van der Waals surface area contributed by atoms with Gasteiger partial charge in [-0.2, -0.15) is 0 Å². The van der Waals surface area contributed by atoms with Gasteiger partial charge in [-0.05, 0) is 6.92 Å². The number of nitrogens with one attached hydrogen (secondary N) is 1. The zero-order valence-corrected chi connectivity index (χ0v) is 8.93. The fourth-order valence-electron chi connectivity index (χ4n) is 1.07. The Morgan fingerprint density at radius 1 is 1.53 bits per heavy atom. The predicted molar refractivity (Wildman–Crippen MR) is 60.3 cm³/mol. The topological polar surface area (TPSA) is 80.5 Å². The summed E-state index contributed by atoms with van der Waals surface area (Å²) in [6.07, 6.45) is 1.40. The molecule has 2 aromatic heterocycles. The number of imidazole rings is 1. The summed E-state index contributed by atoms with van der Waals surface area (Å²) in [5, 5.41) is 0.764. The first kappa shape index (κ1) is 9.80. The molecule has 0 aliphatic heterocycles. The van der Waals surface area contributed by atoms with E-state index in [1.807, 2.05) is 6.92 Å². The van der Waals surface area contributed by atoms with Gasteiger partial charge in [0.1, 0.15) is 11.8 Å². The first-order valence-electron chi connectivity index (χ1n) is 4.30. The van der Waals surface area contributed by atoms with Crippen molar-refractivity contribution >= 4 is 28.7 Å². The molecule has 5 nitrogen and oxygen atoms in total. The lowest BCUT2D eigenvalue weighted by molar-refractivity contribution is 1.08. The molecule has 0 unspecified atom stereocenters. The largest absolute Gasteiger partial charge is 0.382 e. The van der Waals surface area contributed by atoms with Gasteiger partial charge in [-0.25, -0.2) is 15.0 Å². The molecule has 0 aromatic carbocycles. The Kier molecular flexibility index (Phi) is 2.74. The molecule has 0 saturated heterocycles. The second-order valence-corrected chi connectivity index (χ2v) is 3.68. The average Bonchev–Trinajstić information content (AvgIpc) is 2.63. The van der Waals surface area contributed by atoms with Crippen LogP contribution >= 0.6 is 11.8 Å². The second kappa shape index (κ2) is 4.19. The van der Waals surface area contributed by atoms with Crippen LogP contribution in [0, 0.1) is 11.8 Å². The van der Waals surface area contributed by atoms with Crippen molar-refractivity contribution in [3.63, 3.8) is 0 Å². The number of nitrogens with two attached hydrogens (primary N) is 1. The number of nitrogens with zero attached hydrogens (tertiary/aromatic N) is 3. The maximum Gasteiger partial charge on any atom is 0.183 e. The van der Waals surface area contributed by atoms with Crippen LogP contribution in [-0.2, 0) is 0 Å². The van der Waals surface area contributed by atoms with Crippen LogP contribution in [0.2, 0.25) is 0 Å². The van der Waals surface area contributed by atoms with Gasteiger partial charge in [0.2, 0.25) is 0 Å². The van der Waals surface area contributed by atoms with Crippen molar-refractivity contribution in [2.24, 2.45) is 0 Å². The van der Waals surface area contributed by atoms with Gasteiger partial charge in [-0.3, -0.25) is 0 Å². The fraction of sp³-hybridized carbons (Fsp3) is 0.222. The highest BCUT2D eigenvalue weighted by molar-refractivity contribution is 7.99. The molecular weight excluding hydrogens is 210 g/mol. The van der Waals surface area contributed by atoms with Gasteiger partial charge in [0.05, 0.1) is 5.75 Å². The maximum absolute atomic E-state index is 5.66. The Morgan fingerprint density at radius 2 is 2.40 bits per heavy atom. The Balaban J connectivity index is 2.29. The lowest BCUT2D eigenvalue weighted by Crippen LogP contribution is -1.91. The summed E-state index contributed by atoms with van der Waals surface area (Å²) in [6, 6.07) is 0. The Bertz CT molecular complexity index is 536. The molecule has 0 amide bonds. The molecule has 0 saturated carbocycles. The highest BCUT2D eigenvalue weighted by Gasteiger charge is 2.06. The number of aromatic amines is 1. The van der Waals surface area contributed by atoms with Gasteiger partial charge < -0.3 is 10.7 Å². The van der Waals surface area contributed by atoms with E-state index in [9.17, 15) is 0 Å². The monoisotopic (exact) mass is 219 g/mol. The van der Waals surface area contributed by atoms with Crippen LogP contribution < -0.4 is 5.73 Å². The zero-order valence-electron chi connectivity index (χ0n) is 8.11. The van der Waals surface area contributed by atoms with Crippen LogP contribution in [0.25, 0.3) is 11.2 Å². The van der Waals surface area contributed by atoms with E-state index in [1.54, 1.807) is 0 Å². The van der Waals surface area contributed by atoms with Crippen molar-refractivity contribution in [3.8, 4) is 11.8 Å². The van der Waals surface area contributed by atoms with Crippen LogP contribution in [0.1, 0.15) is 6.92 Å². The van der Waals surface area contributed by atoms with E-state index in [0.717, 1.165) is 5.16 Å². The molecule has 0 fully saturated rings. The highest BCUT2D eigenvalue weighted by Crippen LogP contribution is 2.19. The van der Waals surface area contributed by atoms with Gasteiger partial charge in [0, 0.05) is 0 Å². The normalized spacial score (nSPS) is 9.93. The van der Waals surface area contributed by atoms with Crippen LogP contribution in [0.4, 0.5) is 5.82 Å². The number of fused-ring (bicyclic) bond motifs is 1. The van der Waals surface area contributed by atoms with E-state index < -0.39 is 0 Å². The molecule has 2 rings (SSSR count). The van der Waals surface area contributed by atoms with Crippen molar-refractivity contribution in [2.75, 3.05) is 11.5 Å². The number of nitrogen functional groups attached to an aromatic ring is 1. The van der Waals surface area contributed by atoms with Gasteiger partial charge >= 0.3 is 0 Å². The molecule has 0 radical (unpaired) electrons. The summed E-state index contributed by atoms with van der Waals surface area (Å²) in [6.45, 7) is 1.81. The summed E-state index contributed by atoms with van der Waals surface area (Å²) in [5.74, 6) is 6.87. The number of anilines is 1. The van der Waals surface area contributed by atoms with Crippen LogP contribution in [0.5, 0.6) is 0 Å². The smallest absolute Gasteiger partial charge is 0.183 e. The van der Waals surface area contributed by atoms with Crippen LogP contribution in [0.15, 0.2) is 11.5 Å². The minimum atomic E-state index is 0.418. The predicted octanol–water partition coefficient (Wildman–Crippen LogP) is 1.05. The molecule has 0 spiro atoms. The first-order valence-corrected chi connectivity index (χ1v) is 5.28. The Labute approximate surface area is 90.9 Å². The van der Waals surface area contributed by atoms with Crippen molar-refractivity contribution < 1.29 is 0 Å². The van der Waals surface area contributed by atoms with Crippen molar-refractivity contribution in [2.45, 2.75) is 12.1 Å². The van der Waals surface area contributed by atoms with E-state index in [-0.39, 0.29) is 0 Å². The van der Waals surface area contributed by atoms with Gasteiger partial charge in [-0.1, -0.05) is 17.7 Å². The van der Waals surface area contributed by atoms with Gasteiger partial charge in [0.15, 0.2) is 16.6 Å². The number of H-pyrrole nitrogens is 1. The van der Waals surface area contributed by atoms with Crippen LogP contribution in [0.3, 0.4) is 0 Å². The SMILES string of the molecule is CC#CCSc1nc2ncnc(N)c2[nH]1. The molecule has 0 atom stereocenters. The standard InChI is InChI=1S/C9H9N5S/c1-2-3-4-15-9-13-6-7(10)11-5-12-8(6)14-9/h5H,4H2,1H3,(H3,10,11,12,13,14). The zero-order chi connectivity index (χ0) is 10.7. The number of hydrogen-bond donors (Lipinski definition) is 2. The third-order valence-corrected chi connectivity index (χ3v) is 2.51. The summed E-state index contributed by atoms with van der Waals surface area (Å²) in [7, 11) is 0. The van der Waals surface area contributed by atoms with Crippen molar-refractivity contribution in [1.29, 1.82) is 0 Å². The summed E-state index contributed by atoms with van der Waals surface area (Å²) < 4.78 is 0. The summed E-state index contributed by atoms with van der Waals surface area (Å²) in [5.41, 5.74) is 6.94. The van der Waals surface area contributed by atoms with Gasteiger partial charge in [0.25, 0.3) is 0 Å².